The van der Waals surface area contributed by atoms with Crippen molar-refractivity contribution in [2.24, 2.45) is 0 Å². The zero-order chi connectivity index (χ0) is 7.98. The normalized spacial score (nSPS) is 12.0. The van der Waals surface area contributed by atoms with Gasteiger partial charge in [-0.3, -0.25) is 0 Å². The fourth-order valence-electron chi connectivity index (χ4n) is 0.420. The van der Waals surface area contributed by atoms with Crippen molar-refractivity contribution in [1.29, 1.82) is 0 Å². The maximum absolute atomic E-state index is 5.39. The molecule has 0 aromatic heterocycles. The van der Waals surface area contributed by atoms with E-state index in [0.717, 1.165) is 11.1 Å². The topological polar surface area (TPSA) is 0 Å². The molecule has 0 spiro atoms. The predicted molar refractivity (Wildman–Crippen MR) is 46.6 cm³/mol. The lowest BCUT2D eigenvalue weighted by Crippen LogP contribution is -1.63. The highest BCUT2D eigenvalue weighted by Crippen LogP contribution is 1.95. The Morgan fingerprint density at radius 2 is 2.00 bits per heavy atom. The second kappa shape index (κ2) is 4.80. The van der Waals surface area contributed by atoms with E-state index in [0.29, 0.717) is 0 Å². The minimum atomic E-state index is 0.813. The first-order chi connectivity index (χ1) is 4.66. The van der Waals surface area contributed by atoms with Crippen molar-refractivity contribution >= 4 is 0 Å². The smallest absolute Gasteiger partial charge is 0.0398 e. The van der Waals surface area contributed by atoms with Gasteiger partial charge in [0.25, 0.3) is 0 Å². The summed E-state index contributed by atoms with van der Waals surface area (Å²) in [6, 6.07) is 0. The number of hydrogen-bond acceptors (Lipinski definition) is 0. The highest BCUT2D eigenvalue weighted by molar-refractivity contribution is 5.23. The lowest BCUT2D eigenvalue weighted by Gasteiger charge is -1.84. The van der Waals surface area contributed by atoms with Crippen LogP contribution in [0.5, 0.6) is 0 Å². The monoisotopic (exact) mass is 133 g/mol. The van der Waals surface area contributed by atoms with E-state index in [4.69, 9.17) is 6.58 Å². The van der Waals surface area contributed by atoms with Crippen LogP contribution in [0.3, 0.4) is 0 Å². The molecule has 0 aliphatic heterocycles. The lowest BCUT2D eigenvalue weighted by atomic mass is 10.2. The maximum atomic E-state index is 5.39. The standard InChI is InChI=1S/C10H13/c1-5-10(4)8-6-7-9(2)3/h2,5-8H,1H2,3-4H3/b7-6+,9-2?,10-8+. The summed E-state index contributed by atoms with van der Waals surface area (Å²) in [6.45, 7) is 12.9. The fourth-order valence-corrected chi connectivity index (χ4v) is 0.420. The Balaban J connectivity index is 3.93. The Bertz CT molecular complexity index is 180. The van der Waals surface area contributed by atoms with Gasteiger partial charge >= 0.3 is 0 Å². The summed E-state index contributed by atoms with van der Waals surface area (Å²) in [5, 5.41) is 0. The molecule has 10 heavy (non-hydrogen) atoms. The van der Waals surface area contributed by atoms with Gasteiger partial charge in [0.1, 0.15) is 0 Å². The van der Waals surface area contributed by atoms with Gasteiger partial charge in [-0.05, 0) is 13.8 Å². The summed E-state index contributed by atoms with van der Waals surface area (Å²) in [5.74, 6) is 0. The van der Waals surface area contributed by atoms with Gasteiger partial charge in [0.15, 0.2) is 0 Å². The first-order valence-corrected chi connectivity index (χ1v) is 3.23. The van der Waals surface area contributed by atoms with E-state index >= 15 is 0 Å². The van der Waals surface area contributed by atoms with Gasteiger partial charge in [-0.25, -0.2) is 0 Å². The lowest BCUT2D eigenvalue weighted by molar-refractivity contribution is 1.51. The van der Waals surface area contributed by atoms with Crippen LogP contribution in [-0.4, -0.2) is 0 Å². The summed E-state index contributed by atoms with van der Waals surface area (Å²) >= 11 is 0. The Labute approximate surface area is 63.3 Å². The minimum Gasteiger partial charge on any atom is -0.0988 e. The molecule has 0 aliphatic carbocycles. The van der Waals surface area contributed by atoms with Crippen LogP contribution in [0.15, 0.2) is 42.0 Å². The average molecular weight is 133 g/mol. The molecule has 0 aromatic rings. The summed E-state index contributed by atoms with van der Waals surface area (Å²) in [7, 11) is 0. The van der Waals surface area contributed by atoms with Gasteiger partial charge in [0, 0.05) is 0 Å². The molecule has 1 radical (unpaired) electrons. The number of rotatable bonds is 3. The SMILES string of the molecule is [CH]=C(C)/C=C/C=C(\C)C=C. The fraction of sp³-hybridized carbons (Fsp3) is 0.200. The molecule has 0 nitrogen and oxygen atoms in total. The molecule has 0 amide bonds. The second-order valence-electron chi connectivity index (χ2n) is 2.22. The first kappa shape index (κ1) is 8.96. The van der Waals surface area contributed by atoms with Gasteiger partial charge in [-0.15, -0.1) is 0 Å². The van der Waals surface area contributed by atoms with Crippen molar-refractivity contribution in [2.45, 2.75) is 13.8 Å². The van der Waals surface area contributed by atoms with E-state index < -0.39 is 0 Å². The molecule has 0 saturated carbocycles. The Kier molecular flexibility index (Phi) is 4.30. The van der Waals surface area contributed by atoms with Crippen molar-refractivity contribution < 1.29 is 0 Å². The molecule has 0 fully saturated rings. The molecule has 0 bridgehead atoms. The first-order valence-electron chi connectivity index (χ1n) is 3.23. The molecule has 0 rings (SSSR count). The third kappa shape index (κ3) is 5.10. The van der Waals surface area contributed by atoms with E-state index in [1.165, 1.54) is 0 Å². The van der Waals surface area contributed by atoms with Crippen LogP contribution in [0.2, 0.25) is 0 Å². The Hall–Kier alpha value is -1.04. The summed E-state index contributed by atoms with van der Waals surface area (Å²) in [4.78, 5) is 0. The van der Waals surface area contributed by atoms with Crippen molar-refractivity contribution in [3.8, 4) is 0 Å². The zero-order valence-corrected chi connectivity index (χ0v) is 6.59. The van der Waals surface area contributed by atoms with Crippen LogP contribution in [0, 0.1) is 6.58 Å². The molecule has 53 valence electrons. The Morgan fingerprint density at radius 1 is 1.40 bits per heavy atom. The van der Waals surface area contributed by atoms with Crippen molar-refractivity contribution in [3.63, 3.8) is 0 Å². The molecule has 0 saturated heterocycles. The van der Waals surface area contributed by atoms with Crippen LogP contribution in [0.25, 0.3) is 0 Å². The van der Waals surface area contributed by atoms with E-state index in [2.05, 4.69) is 6.58 Å². The third-order valence-corrected chi connectivity index (χ3v) is 1.04. The molecule has 0 atom stereocenters. The average Bonchev–Trinajstić information content (AvgIpc) is 1.87. The van der Waals surface area contributed by atoms with Gasteiger partial charge in [-0.1, -0.05) is 48.6 Å². The predicted octanol–water partition coefficient (Wildman–Crippen LogP) is 3.05. The largest absolute Gasteiger partial charge is 0.0988 e. The zero-order valence-electron chi connectivity index (χ0n) is 6.59. The number of allylic oxidation sites excluding steroid dienone is 6. The Morgan fingerprint density at radius 3 is 2.40 bits per heavy atom. The van der Waals surface area contributed by atoms with Gasteiger partial charge < -0.3 is 0 Å². The molecule has 0 unspecified atom stereocenters. The highest BCUT2D eigenvalue weighted by atomic mass is 13.8. The van der Waals surface area contributed by atoms with Gasteiger partial charge in [-0.2, -0.15) is 0 Å². The van der Waals surface area contributed by atoms with Crippen molar-refractivity contribution in [1.82, 2.24) is 0 Å². The van der Waals surface area contributed by atoms with Gasteiger partial charge in [0.05, 0.1) is 0 Å². The van der Waals surface area contributed by atoms with E-state index in [9.17, 15) is 0 Å². The molecular weight excluding hydrogens is 120 g/mol. The van der Waals surface area contributed by atoms with Crippen LogP contribution < -0.4 is 0 Å². The van der Waals surface area contributed by atoms with Crippen LogP contribution in [-0.2, 0) is 0 Å². The second-order valence-corrected chi connectivity index (χ2v) is 2.22. The van der Waals surface area contributed by atoms with Gasteiger partial charge in [0.2, 0.25) is 0 Å². The molecule has 0 heteroatoms. The maximum Gasteiger partial charge on any atom is -0.0398 e. The number of hydrogen-bond donors (Lipinski definition) is 0. The third-order valence-electron chi connectivity index (χ3n) is 1.04. The van der Waals surface area contributed by atoms with Crippen LogP contribution >= 0.6 is 0 Å². The quantitative estimate of drug-likeness (QED) is 0.519. The van der Waals surface area contributed by atoms with E-state index in [-0.39, 0.29) is 0 Å². The molecule has 0 aliphatic rings. The summed E-state index contributed by atoms with van der Waals surface area (Å²) in [5.41, 5.74) is 1.95. The van der Waals surface area contributed by atoms with Crippen LogP contribution in [0.4, 0.5) is 0 Å². The van der Waals surface area contributed by atoms with E-state index in [1.54, 1.807) is 6.08 Å². The van der Waals surface area contributed by atoms with Crippen molar-refractivity contribution in [2.75, 3.05) is 0 Å². The molecular formula is C10H13. The molecule has 0 N–H and O–H groups in total. The highest BCUT2D eigenvalue weighted by Gasteiger charge is 1.74. The minimum absolute atomic E-state index is 0.813. The van der Waals surface area contributed by atoms with Crippen LogP contribution in [0.1, 0.15) is 13.8 Å². The van der Waals surface area contributed by atoms with Crippen molar-refractivity contribution in [3.05, 3.63) is 48.6 Å². The summed E-state index contributed by atoms with van der Waals surface area (Å²) in [6.07, 6.45) is 7.53. The summed E-state index contributed by atoms with van der Waals surface area (Å²) < 4.78 is 0. The molecule has 0 aromatic carbocycles. The van der Waals surface area contributed by atoms with E-state index in [1.807, 2.05) is 32.1 Å². The molecule has 0 heterocycles.